The summed E-state index contributed by atoms with van der Waals surface area (Å²) in [5.74, 6) is -0.725. The van der Waals surface area contributed by atoms with E-state index < -0.39 is 5.76 Å². The largest absolute Gasteiger partial charge is 0.288 e. The number of hydrogen-bond donors (Lipinski definition) is 0. The van der Waals surface area contributed by atoms with Crippen molar-refractivity contribution in [2.24, 2.45) is 5.92 Å². The molecule has 2 aromatic rings. The third-order valence-electron chi connectivity index (χ3n) is 6.61. The summed E-state index contributed by atoms with van der Waals surface area (Å²) in [6, 6.07) is 16.4. The van der Waals surface area contributed by atoms with Gasteiger partial charge in [-0.1, -0.05) is 100 Å². The number of alkyl halides is 2. The van der Waals surface area contributed by atoms with E-state index in [1.807, 2.05) is 12.1 Å². The second-order valence-electron chi connectivity index (χ2n) is 8.80. The average Bonchev–Trinajstić information content (AvgIpc) is 2.77. The zero-order chi connectivity index (χ0) is 21.2. The minimum Gasteiger partial charge on any atom is -0.198 e. The number of rotatable bonds is 11. The van der Waals surface area contributed by atoms with Crippen LogP contribution in [-0.4, -0.2) is 5.76 Å². The van der Waals surface area contributed by atoms with Gasteiger partial charge in [-0.3, -0.25) is 0 Å². The molecule has 2 aromatic carbocycles. The molecule has 0 heterocycles. The van der Waals surface area contributed by atoms with E-state index in [9.17, 15) is 8.78 Å². The van der Waals surface area contributed by atoms with Crippen LogP contribution in [0.2, 0.25) is 0 Å². The normalized spacial score (nSPS) is 19.3. The van der Waals surface area contributed by atoms with Gasteiger partial charge in [-0.15, -0.1) is 0 Å². The van der Waals surface area contributed by atoms with Gasteiger partial charge in [0.2, 0.25) is 0 Å². The molecule has 1 fully saturated rings. The van der Waals surface area contributed by atoms with E-state index in [2.05, 4.69) is 31.2 Å². The van der Waals surface area contributed by atoms with Crippen LogP contribution in [-0.2, 0) is 0 Å². The molecule has 0 spiro atoms. The standard InChI is InChI=1S/C27H36F2S/c1-2-3-4-5-6-7-8-21-9-11-22(12-10-21)23-13-15-24(16-14-23)25-17-19-26(20-18-25)30-27(28)29/h13-22,27H,2-12H2,1H3/t21-,22-. The Kier molecular flexibility index (Phi) is 9.71. The molecule has 1 aliphatic carbocycles. The summed E-state index contributed by atoms with van der Waals surface area (Å²) in [4.78, 5) is 0.614. The van der Waals surface area contributed by atoms with Crippen LogP contribution in [0.4, 0.5) is 8.78 Å². The molecule has 0 aromatic heterocycles. The van der Waals surface area contributed by atoms with Gasteiger partial charge in [0, 0.05) is 4.90 Å². The fourth-order valence-electron chi connectivity index (χ4n) is 4.77. The molecule has 0 unspecified atom stereocenters. The number of hydrogen-bond acceptors (Lipinski definition) is 1. The fraction of sp³-hybridized carbons (Fsp3) is 0.556. The molecular formula is C27H36F2S. The second-order valence-corrected chi connectivity index (χ2v) is 9.86. The van der Waals surface area contributed by atoms with Crippen LogP contribution in [0.25, 0.3) is 11.1 Å². The fourth-order valence-corrected chi connectivity index (χ4v) is 5.27. The highest BCUT2D eigenvalue weighted by Crippen LogP contribution is 2.38. The molecule has 0 radical (unpaired) electrons. The Bertz CT molecular complexity index is 716. The van der Waals surface area contributed by atoms with Crippen molar-refractivity contribution in [1.29, 1.82) is 0 Å². The Morgan fingerprint density at radius 3 is 1.93 bits per heavy atom. The molecule has 3 heteroatoms. The highest BCUT2D eigenvalue weighted by molar-refractivity contribution is 7.99. The highest BCUT2D eigenvalue weighted by Gasteiger charge is 2.22. The van der Waals surface area contributed by atoms with Gasteiger partial charge in [-0.25, -0.2) is 0 Å². The lowest BCUT2D eigenvalue weighted by Gasteiger charge is -2.29. The average molecular weight is 431 g/mol. The molecule has 164 valence electrons. The summed E-state index contributed by atoms with van der Waals surface area (Å²) >= 11 is 0.599. The van der Waals surface area contributed by atoms with Gasteiger partial charge in [0.15, 0.2) is 0 Å². The van der Waals surface area contributed by atoms with Gasteiger partial charge in [0.1, 0.15) is 0 Å². The van der Waals surface area contributed by atoms with Crippen LogP contribution in [0.15, 0.2) is 53.4 Å². The van der Waals surface area contributed by atoms with Crippen LogP contribution in [0.1, 0.15) is 89.0 Å². The van der Waals surface area contributed by atoms with Crippen LogP contribution in [0.5, 0.6) is 0 Å². The lowest BCUT2D eigenvalue weighted by molar-refractivity contribution is 0.252. The van der Waals surface area contributed by atoms with E-state index in [1.54, 1.807) is 12.1 Å². The Morgan fingerprint density at radius 2 is 1.33 bits per heavy atom. The summed E-state index contributed by atoms with van der Waals surface area (Å²) < 4.78 is 24.9. The Morgan fingerprint density at radius 1 is 0.767 bits per heavy atom. The molecule has 0 nitrogen and oxygen atoms in total. The molecule has 0 saturated heterocycles. The molecule has 0 aliphatic heterocycles. The topological polar surface area (TPSA) is 0 Å². The Hall–Kier alpha value is -1.35. The van der Waals surface area contributed by atoms with E-state index >= 15 is 0 Å². The first-order valence-corrected chi connectivity index (χ1v) is 12.7. The number of thioether (sulfide) groups is 1. The molecule has 0 N–H and O–H groups in total. The van der Waals surface area contributed by atoms with Crippen molar-refractivity contribution in [3.63, 3.8) is 0 Å². The molecule has 0 bridgehead atoms. The number of benzene rings is 2. The molecule has 3 rings (SSSR count). The summed E-state index contributed by atoms with van der Waals surface area (Å²) in [5, 5.41) is 0. The predicted molar refractivity (Wildman–Crippen MR) is 126 cm³/mol. The first-order valence-electron chi connectivity index (χ1n) is 11.8. The van der Waals surface area contributed by atoms with E-state index in [1.165, 1.54) is 76.2 Å². The molecule has 0 atom stereocenters. The summed E-state index contributed by atoms with van der Waals surface area (Å²) in [5.41, 5.74) is 3.70. The smallest absolute Gasteiger partial charge is 0.198 e. The van der Waals surface area contributed by atoms with E-state index in [0.717, 1.165) is 17.0 Å². The lowest BCUT2D eigenvalue weighted by Crippen LogP contribution is -2.13. The van der Waals surface area contributed by atoms with E-state index in [0.29, 0.717) is 22.6 Å². The quantitative estimate of drug-likeness (QED) is 0.252. The summed E-state index contributed by atoms with van der Waals surface area (Å²) in [6.07, 6.45) is 15.2. The molecule has 1 aliphatic rings. The van der Waals surface area contributed by atoms with Gasteiger partial charge < -0.3 is 0 Å². The van der Waals surface area contributed by atoms with Crippen molar-refractivity contribution < 1.29 is 8.78 Å². The predicted octanol–water partition coefficient (Wildman–Crippen LogP) is 9.69. The van der Waals surface area contributed by atoms with Crippen molar-refractivity contribution in [2.45, 2.75) is 94.1 Å². The molecular weight excluding hydrogens is 394 g/mol. The highest BCUT2D eigenvalue weighted by atomic mass is 32.2. The SMILES string of the molecule is CCCCCCCC[C@H]1CC[C@H](c2ccc(-c3ccc(SC(F)F)cc3)cc2)CC1. The van der Waals surface area contributed by atoms with Gasteiger partial charge in [-0.05, 0) is 66.3 Å². The zero-order valence-corrected chi connectivity index (χ0v) is 19.1. The number of unbranched alkanes of at least 4 members (excludes halogenated alkanes) is 5. The van der Waals surface area contributed by atoms with Crippen molar-refractivity contribution in [3.05, 3.63) is 54.1 Å². The second kappa shape index (κ2) is 12.5. The number of halogens is 2. The van der Waals surface area contributed by atoms with Crippen molar-refractivity contribution in [2.75, 3.05) is 0 Å². The maximum Gasteiger partial charge on any atom is 0.288 e. The van der Waals surface area contributed by atoms with E-state index in [-0.39, 0.29) is 0 Å². The summed E-state index contributed by atoms with van der Waals surface area (Å²) in [6.45, 7) is 2.28. The first kappa shape index (κ1) is 23.3. The monoisotopic (exact) mass is 430 g/mol. The Labute approximate surface area is 185 Å². The zero-order valence-electron chi connectivity index (χ0n) is 18.3. The maximum absolute atomic E-state index is 12.5. The van der Waals surface area contributed by atoms with Crippen LogP contribution >= 0.6 is 11.8 Å². The van der Waals surface area contributed by atoms with Crippen molar-refractivity contribution in [1.82, 2.24) is 0 Å². The van der Waals surface area contributed by atoms with Gasteiger partial charge in [0.05, 0.1) is 0 Å². The van der Waals surface area contributed by atoms with Gasteiger partial charge in [-0.2, -0.15) is 8.78 Å². The molecule has 0 amide bonds. The van der Waals surface area contributed by atoms with Gasteiger partial charge in [0.25, 0.3) is 5.76 Å². The van der Waals surface area contributed by atoms with Crippen molar-refractivity contribution >= 4 is 11.8 Å². The van der Waals surface area contributed by atoms with Crippen LogP contribution < -0.4 is 0 Å². The molecule has 1 saturated carbocycles. The lowest BCUT2D eigenvalue weighted by atomic mass is 9.77. The Balaban J connectivity index is 1.43. The van der Waals surface area contributed by atoms with E-state index in [4.69, 9.17) is 0 Å². The van der Waals surface area contributed by atoms with Crippen LogP contribution in [0, 0.1) is 5.92 Å². The first-order chi connectivity index (χ1) is 14.7. The maximum atomic E-state index is 12.5. The third-order valence-corrected chi connectivity index (χ3v) is 7.33. The van der Waals surface area contributed by atoms with Crippen LogP contribution in [0.3, 0.4) is 0 Å². The molecule has 30 heavy (non-hydrogen) atoms. The summed E-state index contributed by atoms with van der Waals surface area (Å²) in [7, 11) is 0. The minimum absolute atomic E-state index is 0.599. The minimum atomic E-state index is -2.36. The van der Waals surface area contributed by atoms with Gasteiger partial charge >= 0.3 is 0 Å². The van der Waals surface area contributed by atoms with Crippen molar-refractivity contribution in [3.8, 4) is 11.1 Å². The third kappa shape index (κ3) is 7.41.